The molecule has 0 amide bonds. The van der Waals surface area contributed by atoms with E-state index in [0.29, 0.717) is 0 Å². The van der Waals surface area contributed by atoms with Gasteiger partial charge in [-0.25, -0.2) is 14.4 Å². The fraction of sp³-hybridized carbons (Fsp3) is 0. The van der Waals surface area contributed by atoms with Crippen LogP contribution in [0, 0.1) is 0 Å². The van der Waals surface area contributed by atoms with Crippen molar-refractivity contribution in [3.05, 3.63) is 53.9 Å². The number of aromatic nitrogens is 6. The molecule has 0 unspecified atom stereocenters. The Morgan fingerprint density at radius 2 is 0.880 bits per heavy atom. The van der Waals surface area contributed by atoms with E-state index in [9.17, 15) is 14.4 Å². The zero-order valence-corrected chi connectivity index (χ0v) is 13.8. The second-order valence-corrected chi connectivity index (χ2v) is 3.83. The Kier molecular flexibility index (Phi) is 9.74. The van der Waals surface area contributed by atoms with E-state index < -0.39 is 17.9 Å². The molecule has 6 N–H and O–H groups in total. The van der Waals surface area contributed by atoms with Crippen molar-refractivity contribution in [2.24, 2.45) is 0 Å². The average Bonchev–Trinajstić information content (AvgIpc) is 3.29. The first-order chi connectivity index (χ1) is 11.4. The van der Waals surface area contributed by atoms with Crippen LogP contribution in [-0.2, 0) is 19.5 Å². The molecule has 12 nitrogen and oxygen atoms in total. The smallest absolute Gasteiger partial charge is 0.353 e. The minimum absolute atomic E-state index is 0. The third-order valence-electron chi connectivity index (χ3n) is 2.19. The third-order valence-corrected chi connectivity index (χ3v) is 2.19. The van der Waals surface area contributed by atoms with Gasteiger partial charge in [-0.2, -0.15) is 15.3 Å². The first kappa shape index (κ1) is 21.7. The fourth-order valence-electron chi connectivity index (χ4n) is 1.12. The minimum atomic E-state index is -0.984. The van der Waals surface area contributed by atoms with Crippen molar-refractivity contribution in [2.75, 3.05) is 0 Å². The van der Waals surface area contributed by atoms with Crippen LogP contribution >= 0.6 is 0 Å². The van der Waals surface area contributed by atoms with E-state index in [1.54, 1.807) is 0 Å². The molecule has 13 heteroatoms. The summed E-state index contributed by atoms with van der Waals surface area (Å²) in [6.45, 7) is 0. The first-order valence-electron chi connectivity index (χ1n) is 6.09. The zero-order chi connectivity index (χ0) is 17.9. The van der Waals surface area contributed by atoms with Crippen LogP contribution < -0.4 is 0 Å². The number of carboxylic acid groups (broad SMARTS) is 3. The van der Waals surface area contributed by atoms with E-state index in [-0.39, 0.29) is 36.6 Å². The van der Waals surface area contributed by atoms with Crippen molar-refractivity contribution in [3.8, 4) is 0 Å². The van der Waals surface area contributed by atoms with Crippen LogP contribution in [0.25, 0.3) is 0 Å². The van der Waals surface area contributed by atoms with Gasteiger partial charge in [0.05, 0.1) is 0 Å². The second-order valence-electron chi connectivity index (χ2n) is 3.83. The van der Waals surface area contributed by atoms with Gasteiger partial charge in [0, 0.05) is 38.1 Å². The molecule has 3 heterocycles. The Morgan fingerprint density at radius 1 is 0.640 bits per heavy atom. The number of hydrogen-bond donors (Lipinski definition) is 6. The van der Waals surface area contributed by atoms with E-state index in [0.717, 1.165) is 0 Å². The van der Waals surface area contributed by atoms with Crippen LogP contribution in [0.1, 0.15) is 31.5 Å². The number of rotatable bonds is 3. The Morgan fingerprint density at radius 3 is 0.960 bits per heavy atom. The summed E-state index contributed by atoms with van der Waals surface area (Å²) in [6, 6.07) is 4.17. The summed E-state index contributed by atoms with van der Waals surface area (Å²) in [5.74, 6) is -2.95. The Balaban J connectivity index is 0.000000339. The predicted molar refractivity (Wildman–Crippen MR) is 76.6 cm³/mol. The Hall–Kier alpha value is -3.34. The van der Waals surface area contributed by atoms with Gasteiger partial charge in [-0.05, 0) is 18.2 Å². The summed E-state index contributed by atoms with van der Waals surface area (Å²) in [5, 5.41) is 41.8. The van der Waals surface area contributed by atoms with Crippen molar-refractivity contribution < 1.29 is 49.2 Å². The van der Waals surface area contributed by atoms with Crippen molar-refractivity contribution in [3.63, 3.8) is 0 Å². The van der Waals surface area contributed by atoms with Gasteiger partial charge in [-0.1, -0.05) is 0 Å². The number of aromatic carboxylic acids is 3. The molecule has 0 aliphatic carbocycles. The van der Waals surface area contributed by atoms with Crippen LogP contribution in [0.3, 0.4) is 0 Å². The van der Waals surface area contributed by atoms with Gasteiger partial charge in [0.1, 0.15) is 17.1 Å². The van der Waals surface area contributed by atoms with Crippen LogP contribution in [0.15, 0.2) is 36.8 Å². The van der Waals surface area contributed by atoms with Gasteiger partial charge in [0.25, 0.3) is 0 Å². The fourth-order valence-corrected chi connectivity index (χ4v) is 1.12. The summed E-state index contributed by atoms with van der Waals surface area (Å²) in [5.41, 5.74) is 0.347. The standard InChI is InChI=1S/3C4H4N2O2.Rh/c3*7-4(8)3-1-2-5-6-3;/h3*1-2H,(H,5,6)(H,7,8);. The van der Waals surface area contributed by atoms with Gasteiger partial charge in [-0.15, -0.1) is 0 Å². The molecule has 0 atom stereocenters. The summed E-state index contributed by atoms with van der Waals surface area (Å²) in [7, 11) is 0. The van der Waals surface area contributed by atoms with Gasteiger partial charge in [0.2, 0.25) is 0 Å². The Bertz CT molecular complexity index is 651. The van der Waals surface area contributed by atoms with E-state index in [1.165, 1.54) is 36.8 Å². The predicted octanol–water partition coefficient (Wildman–Crippen LogP) is 0.321. The number of nitrogens with one attached hydrogen (secondary N) is 3. The molecule has 0 spiro atoms. The number of hydrogen-bond acceptors (Lipinski definition) is 6. The number of carbonyl (C=O) groups is 3. The molecule has 0 saturated heterocycles. The average molecular weight is 439 g/mol. The molecule has 0 saturated carbocycles. The van der Waals surface area contributed by atoms with Crippen molar-refractivity contribution >= 4 is 17.9 Å². The molecular formula is C12H12N6O6Rh. The third kappa shape index (κ3) is 8.18. The summed E-state index contributed by atoms with van der Waals surface area (Å²) < 4.78 is 0. The van der Waals surface area contributed by atoms with E-state index in [4.69, 9.17) is 15.3 Å². The SMILES string of the molecule is O=C(O)c1ccn[nH]1.O=C(O)c1ccn[nH]1.O=C(O)c1ccn[nH]1.[Rh]. The van der Waals surface area contributed by atoms with E-state index >= 15 is 0 Å². The van der Waals surface area contributed by atoms with Gasteiger partial charge < -0.3 is 15.3 Å². The normalized spacial score (nSPS) is 8.64. The van der Waals surface area contributed by atoms with E-state index in [2.05, 4.69) is 30.6 Å². The quantitative estimate of drug-likeness (QED) is 0.311. The number of H-pyrrole nitrogens is 3. The molecule has 1 radical (unpaired) electrons. The Labute approximate surface area is 152 Å². The molecule has 0 aromatic carbocycles. The maximum absolute atomic E-state index is 9.99. The number of nitrogens with zero attached hydrogens (tertiary/aromatic N) is 3. The molecule has 0 aliphatic rings. The van der Waals surface area contributed by atoms with Crippen molar-refractivity contribution in [1.29, 1.82) is 0 Å². The molecule has 3 aromatic rings. The largest absolute Gasteiger partial charge is 0.477 e. The number of carboxylic acids is 3. The molecule has 0 fully saturated rings. The van der Waals surface area contributed by atoms with Gasteiger partial charge in [0.15, 0.2) is 0 Å². The summed E-state index contributed by atoms with van der Waals surface area (Å²) in [6.07, 6.45) is 4.18. The minimum Gasteiger partial charge on any atom is -0.477 e. The van der Waals surface area contributed by atoms with Crippen LogP contribution in [0.2, 0.25) is 0 Å². The summed E-state index contributed by atoms with van der Waals surface area (Å²) >= 11 is 0. The molecule has 3 rings (SSSR count). The summed E-state index contributed by atoms with van der Waals surface area (Å²) in [4.78, 5) is 30.0. The molecule has 25 heavy (non-hydrogen) atoms. The molecule has 135 valence electrons. The monoisotopic (exact) mass is 439 g/mol. The second kappa shape index (κ2) is 11.2. The van der Waals surface area contributed by atoms with Gasteiger partial charge in [-0.3, -0.25) is 15.3 Å². The van der Waals surface area contributed by atoms with Crippen molar-refractivity contribution in [1.82, 2.24) is 30.6 Å². The van der Waals surface area contributed by atoms with E-state index in [1.807, 2.05) is 0 Å². The molecule has 0 aliphatic heterocycles. The number of aromatic amines is 3. The first-order valence-corrected chi connectivity index (χ1v) is 6.09. The topological polar surface area (TPSA) is 198 Å². The molecular weight excluding hydrogens is 427 g/mol. The maximum atomic E-state index is 9.99. The van der Waals surface area contributed by atoms with Crippen LogP contribution in [0.4, 0.5) is 0 Å². The molecule has 0 bridgehead atoms. The van der Waals surface area contributed by atoms with Crippen molar-refractivity contribution in [2.45, 2.75) is 0 Å². The maximum Gasteiger partial charge on any atom is 0.353 e. The van der Waals surface area contributed by atoms with Gasteiger partial charge >= 0.3 is 17.9 Å². The zero-order valence-electron chi connectivity index (χ0n) is 12.2. The van der Waals surface area contributed by atoms with Crippen LogP contribution in [-0.4, -0.2) is 63.8 Å². The molecule has 3 aromatic heterocycles. The van der Waals surface area contributed by atoms with Crippen LogP contribution in [0.5, 0.6) is 0 Å².